The number of hydrogen-bond acceptors (Lipinski definition) is 3. The van der Waals surface area contributed by atoms with Gasteiger partial charge in [0.15, 0.2) is 5.82 Å². The number of benzene rings is 1. The van der Waals surface area contributed by atoms with Crippen LogP contribution in [-0.4, -0.2) is 28.3 Å². The Morgan fingerprint density at radius 2 is 2.11 bits per heavy atom. The second-order valence-electron chi connectivity index (χ2n) is 5.29. The van der Waals surface area contributed by atoms with Gasteiger partial charge in [-0.1, -0.05) is 37.3 Å². The molecule has 3 rings (SSSR count). The quantitative estimate of drug-likeness (QED) is 0.887. The molecule has 2 N–H and O–H groups in total. The van der Waals surface area contributed by atoms with Gasteiger partial charge in [0.25, 0.3) is 0 Å². The minimum Gasteiger partial charge on any atom is -0.316 e. The Balaban J connectivity index is 1.92. The summed E-state index contributed by atoms with van der Waals surface area (Å²) in [6.07, 6.45) is 3.47. The third kappa shape index (κ3) is 2.28. The summed E-state index contributed by atoms with van der Waals surface area (Å²) in [7, 11) is 0. The number of hydrogen-bond donors (Lipinski definition) is 2. The molecule has 2 heterocycles. The number of piperidine rings is 1. The molecule has 0 spiro atoms. The van der Waals surface area contributed by atoms with Crippen molar-refractivity contribution >= 4 is 0 Å². The number of H-pyrrole nitrogens is 1. The van der Waals surface area contributed by atoms with Crippen LogP contribution in [0.2, 0.25) is 0 Å². The predicted octanol–water partition coefficient (Wildman–Crippen LogP) is 2.50. The Morgan fingerprint density at radius 1 is 1.26 bits per heavy atom. The first kappa shape index (κ1) is 12.4. The summed E-state index contributed by atoms with van der Waals surface area (Å²) in [5, 5.41) is 11.0. The maximum atomic E-state index is 4.74. The molecule has 0 aliphatic carbocycles. The SMILES string of the molecule is CCC1(c2nc(-c3ccccc3)n[nH]2)CCCNC1. The van der Waals surface area contributed by atoms with Crippen LogP contribution in [0.4, 0.5) is 0 Å². The van der Waals surface area contributed by atoms with Crippen molar-refractivity contribution in [1.29, 1.82) is 0 Å². The Labute approximate surface area is 113 Å². The van der Waals surface area contributed by atoms with Gasteiger partial charge in [0.2, 0.25) is 0 Å². The summed E-state index contributed by atoms with van der Waals surface area (Å²) in [6, 6.07) is 10.1. The zero-order valence-corrected chi connectivity index (χ0v) is 11.3. The second-order valence-corrected chi connectivity index (χ2v) is 5.29. The van der Waals surface area contributed by atoms with E-state index in [2.05, 4.69) is 22.4 Å². The lowest BCUT2D eigenvalue weighted by Gasteiger charge is -2.34. The number of nitrogens with one attached hydrogen (secondary N) is 2. The van der Waals surface area contributed by atoms with Crippen LogP contribution >= 0.6 is 0 Å². The Morgan fingerprint density at radius 3 is 2.79 bits per heavy atom. The molecule has 19 heavy (non-hydrogen) atoms. The molecular weight excluding hydrogens is 236 g/mol. The first-order chi connectivity index (χ1) is 9.34. The minimum absolute atomic E-state index is 0.123. The normalized spacial score (nSPS) is 23.4. The molecule has 1 saturated heterocycles. The maximum Gasteiger partial charge on any atom is 0.181 e. The topological polar surface area (TPSA) is 53.6 Å². The molecule has 2 aromatic rings. The average molecular weight is 256 g/mol. The van der Waals surface area contributed by atoms with Gasteiger partial charge in [0, 0.05) is 17.5 Å². The fraction of sp³-hybridized carbons (Fsp3) is 0.467. The summed E-state index contributed by atoms with van der Waals surface area (Å²) >= 11 is 0. The predicted molar refractivity (Wildman–Crippen MR) is 75.9 cm³/mol. The van der Waals surface area contributed by atoms with Crippen molar-refractivity contribution in [3.63, 3.8) is 0 Å². The van der Waals surface area contributed by atoms with E-state index in [0.717, 1.165) is 36.7 Å². The third-order valence-electron chi connectivity index (χ3n) is 4.17. The highest BCUT2D eigenvalue weighted by Gasteiger charge is 2.35. The number of aromatic amines is 1. The number of nitrogens with zero attached hydrogens (tertiary/aromatic N) is 2. The first-order valence-electron chi connectivity index (χ1n) is 7.03. The van der Waals surface area contributed by atoms with Gasteiger partial charge < -0.3 is 5.32 Å². The molecule has 1 aliphatic rings. The standard InChI is InChI=1S/C15H20N4/c1-2-15(9-6-10-16-11-15)14-17-13(18-19-14)12-7-4-3-5-8-12/h3-5,7-8,16H,2,6,9-11H2,1H3,(H,17,18,19). The van der Waals surface area contributed by atoms with Gasteiger partial charge in [-0.3, -0.25) is 5.10 Å². The van der Waals surface area contributed by atoms with Gasteiger partial charge in [-0.15, -0.1) is 0 Å². The Kier molecular flexibility index (Phi) is 3.34. The fourth-order valence-electron chi connectivity index (χ4n) is 2.85. The van der Waals surface area contributed by atoms with Gasteiger partial charge in [-0.25, -0.2) is 4.98 Å². The zero-order valence-electron chi connectivity index (χ0n) is 11.3. The smallest absolute Gasteiger partial charge is 0.181 e. The summed E-state index contributed by atoms with van der Waals surface area (Å²) in [6.45, 7) is 4.34. The van der Waals surface area contributed by atoms with E-state index in [-0.39, 0.29) is 5.41 Å². The van der Waals surface area contributed by atoms with E-state index in [1.165, 1.54) is 12.8 Å². The van der Waals surface area contributed by atoms with Gasteiger partial charge in [0.1, 0.15) is 5.82 Å². The Bertz CT molecular complexity index is 526. The van der Waals surface area contributed by atoms with Crippen molar-refractivity contribution in [2.24, 2.45) is 0 Å². The summed E-state index contributed by atoms with van der Waals surface area (Å²) in [5.74, 6) is 1.83. The van der Waals surface area contributed by atoms with E-state index >= 15 is 0 Å². The van der Waals surface area contributed by atoms with Crippen LogP contribution in [-0.2, 0) is 5.41 Å². The molecule has 1 fully saturated rings. The molecule has 0 radical (unpaired) electrons. The molecule has 4 heteroatoms. The van der Waals surface area contributed by atoms with Crippen molar-refractivity contribution in [2.45, 2.75) is 31.6 Å². The Hall–Kier alpha value is -1.68. The summed E-state index contributed by atoms with van der Waals surface area (Å²) in [5.41, 5.74) is 1.19. The highest BCUT2D eigenvalue weighted by Crippen LogP contribution is 2.32. The van der Waals surface area contributed by atoms with E-state index in [1.807, 2.05) is 30.3 Å². The van der Waals surface area contributed by atoms with E-state index in [0.29, 0.717) is 0 Å². The van der Waals surface area contributed by atoms with Crippen LogP contribution in [0.15, 0.2) is 30.3 Å². The van der Waals surface area contributed by atoms with E-state index in [1.54, 1.807) is 0 Å². The van der Waals surface area contributed by atoms with Crippen molar-refractivity contribution in [1.82, 2.24) is 20.5 Å². The van der Waals surface area contributed by atoms with Crippen molar-refractivity contribution in [2.75, 3.05) is 13.1 Å². The van der Waals surface area contributed by atoms with E-state index in [9.17, 15) is 0 Å². The molecule has 1 unspecified atom stereocenters. The van der Waals surface area contributed by atoms with Gasteiger partial charge in [-0.2, -0.15) is 5.10 Å². The molecule has 0 saturated carbocycles. The largest absolute Gasteiger partial charge is 0.316 e. The highest BCUT2D eigenvalue weighted by molar-refractivity contribution is 5.54. The third-order valence-corrected chi connectivity index (χ3v) is 4.17. The van der Waals surface area contributed by atoms with Crippen LogP contribution in [0, 0.1) is 0 Å². The number of aromatic nitrogens is 3. The van der Waals surface area contributed by atoms with Crippen LogP contribution in [0.3, 0.4) is 0 Å². The van der Waals surface area contributed by atoms with Gasteiger partial charge >= 0.3 is 0 Å². The maximum absolute atomic E-state index is 4.74. The second kappa shape index (κ2) is 5.13. The van der Waals surface area contributed by atoms with Crippen molar-refractivity contribution < 1.29 is 0 Å². The lowest BCUT2D eigenvalue weighted by molar-refractivity contribution is 0.288. The molecule has 1 aromatic heterocycles. The number of rotatable bonds is 3. The summed E-state index contributed by atoms with van der Waals surface area (Å²) in [4.78, 5) is 4.74. The highest BCUT2D eigenvalue weighted by atomic mass is 15.2. The fourth-order valence-corrected chi connectivity index (χ4v) is 2.85. The molecule has 0 bridgehead atoms. The van der Waals surface area contributed by atoms with Crippen LogP contribution in [0.1, 0.15) is 32.0 Å². The van der Waals surface area contributed by atoms with Crippen LogP contribution < -0.4 is 5.32 Å². The molecule has 1 aromatic carbocycles. The van der Waals surface area contributed by atoms with Gasteiger partial charge in [0.05, 0.1) is 0 Å². The average Bonchev–Trinajstić information content (AvgIpc) is 2.99. The lowest BCUT2D eigenvalue weighted by atomic mass is 9.77. The van der Waals surface area contributed by atoms with Crippen LogP contribution in [0.5, 0.6) is 0 Å². The molecule has 1 aliphatic heterocycles. The monoisotopic (exact) mass is 256 g/mol. The summed E-state index contributed by atoms with van der Waals surface area (Å²) < 4.78 is 0. The molecule has 4 nitrogen and oxygen atoms in total. The lowest BCUT2D eigenvalue weighted by Crippen LogP contribution is -2.43. The van der Waals surface area contributed by atoms with Crippen molar-refractivity contribution in [3.05, 3.63) is 36.2 Å². The van der Waals surface area contributed by atoms with E-state index < -0.39 is 0 Å². The molecule has 1 atom stereocenters. The minimum atomic E-state index is 0.123. The molecule has 100 valence electrons. The molecular formula is C15H20N4. The van der Waals surface area contributed by atoms with Crippen LogP contribution in [0.25, 0.3) is 11.4 Å². The van der Waals surface area contributed by atoms with E-state index in [4.69, 9.17) is 4.98 Å². The first-order valence-corrected chi connectivity index (χ1v) is 7.03. The molecule has 0 amide bonds. The van der Waals surface area contributed by atoms with Gasteiger partial charge in [-0.05, 0) is 25.8 Å². The van der Waals surface area contributed by atoms with Crippen molar-refractivity contribution in [3.8, 4) is 11.4 Å². The zero-order chi connectivity index (χ0) is 13.1.